The highest BCUT2D eigenvalue weighted by molar-refractivity contribution is 6.30. The van der Waals surface area contributed by atoms with Crippen LogP contribution in [-0.2, 0) is 16.1 Å². The number of methoxy groups -OCH3 is 1. The molecule has 0 aliphatic rings. The zero-order valence-electron chi connectivity index (χ0n) is 10.7. The van der Waals surface area contributed by atoms with Gasteiger partial charge in [0.15, 0.2) is 0 Å². The molecule has 0 heterocycles. The van der Waals surface area contributed by atoms with E-state index in [2.05, 4.69) is 4.74 Å². The van der Waals surface area contributed by atoms with Crippen molar-refractivity contribution in [1.29, 1.82) is 0 Å². The monoisotopic (exact) mass is 273 g/mol. The Labute approximate surface area is 111 Å². The molecular weight excluding hydrogens is 257 g/mol. The number of hydrogen-bond acceptors (Lipinski definition) is 3. The van der Waals surface area contributed by atoms with Gasteiger partial charge in [-0.3, -0.25) is 9.69 Å². The van der Waals surface area contributed by atoms with Crippen LogP contribution in [0, 0.1) is 5.82 Å². The van der Waals surface area contributed by atoms with Gasteiger partial charge < -0.3 is 4.74 Å². The van der Waals surface area contributed by atoms with Crippen LogP contribution in [-0.4, -0.2) is 30.6 Å². The topological polar surface area (TPSA) is 29.5 Å². The normalized spacial score (nSPS) is 11.1. The number of esters is 1. The molecule has 0 bridgehead atoms. The number of carbonyl (C=O) groups is 1. The average Bonchev–Trinajstić information content (AvgIpc) is 2.32. The fourth-order valence-corrected chi connectivity index (χ4v) is 1.73. The Morgan fingerprint density at radius 2 is 2.17 bits per heavy atom. The van der Waals surface area contributed by atoms with Gasteiger partial charge >= 0.3 is 5.97 Å². The summed E-state index contributed by atoms with van der Waals surface area (Å²) < 4.78 is 18.2. The summed E-state index contributed by atoms with van der Waals surface area (Å²) >= 11 is 5.84. The van der Waals surface area contributed by atoms with Gasteiger partial charge in [-0.25, -0.2) is 4.39 Å². The standard InChI is InChI=1S/C13H17ClFNO2/c1-9(2)16(8-13(17)18-3)7-10-6-11(14)4-5-12(10)15/h4-6,9H,7-8H2,1-3H3. The second kappa shape index (κ2) is 6.71. The molecule has 0 unspecified atom stereocenters. The molecule has 0 aliphatic carbocycles. The maximum absolute atomic E-state index is 13.6. The van der Waals surface area contributed by atoms with Crippen LogP contribution in [0.4, 0.5) is 4.39 Å². The summed E-state index contributed by atoms with van der Waals surface area (Å²) in [7, 11) is 1.33. The van der Waals surface area contributed by atoms with Crippen LogP contribution in [0.3, 0.4) is 0 Å². The lowest BCUT2D eigenvalue weighted by Gasteiger charge is -2.25. The molecular formula is C13H17ClFNO2. The molecule has 0 atom stereocenters. The number of hydrogen-bond donors (Lipinski definition) is 0. The van der Waals surface area contributed by atoms with Crippen molar-refractivity contribution in [3.05, 3.63) is 34.6 Å². The van der Waals surface area contributed by atoms with Crippen molar-refractivity contribution in [2.24, 2.45) is 0 Å². The molecule has 0 aromatic heterocycles. The average molecular weight is 274 g/mol. The molecule has 1 aromatic rings. The Bertz CT molecular complexity index is 423. The molecule has 3 nitrogen and oxygen atoms in total. The van der Waals surface area contributed by atoms with E-state index in [0.29, 0.717) is 17.1 Å². The number of halogens is 2. The Kier molecular flexibility index (Phi) is 5.56. The van der Waals surface area contributed by atoms with Crippen LogP contribution in [0.1, 0.15) is 19.4 Å². The third-order valence-corrected chi connectivity index (χ3v) is 2.91. The number of carbonyl (C=O) groups excluding carboxylic acids is 1. The van der Waals surface area contributed by atoms with E-state index in [1.807, 2.05) is 18.7 Å². The fraction of sp³-hybridized carbons (Fsp3) is 0.462. The molecule has 100 valence electrons. The van der Waals surface area contributed by atoms with Crippen LogP contribution in [0.25, 0.3) is 0 Å². The quantitative estimate of drug-likeness (QED) is 0.773. The van der Waals surface area contributed by atoms with Crippen LogP contribution in [0.2, 0.25) is 5.02 Å². The number of nitrogens with zero attached hydrogens (tertiary/aromatic N) is 1. The summed E-state index contributed by atoms with van der Waals surface area (Å²) in [6, 6.07) is 4.50. The van der Waals surface area contributed by atoms with Gasteiger partial charge in [0, 0.05) is 23.2 Å². The van der Waals surface area contributed by atoms with Gasteiger partial charge in [0.05, 0.1) is 13.7 Å². The Balaban J connectivity index is 2.83. The summed E-state index contributed by atoms with van der Waals surface area (Å²) in [6.07, 6.45) is 0. The second-order valence-electron chi connectivity index (χ2n) is 4.31. The molecule has 18 heavy (non-hydrogen) atoms. The predicted molar refractivity (Wildman–Crippen MR) is 69.0 cm³/mol. The lowest BCUT2D eigenvalue weighted by Crippen LogP contribution is -2.35. The van der Waals surface area contributed by atoms with Gasteiger partial charge in [-0.1, -0.05) is 11.6 Å². The lowest BCUT2D eigenvalue weighted by molar-refractivity contribution is -0.142. The van der Waals surface area contributed by atoms with Crippen molar-refractivity contribution in [2.75, 3.05) is 13.7 Å². The van der Waals surface area contributed by atoms with Crippen molar-refractivity contribution in [1.82, 2.24) is 4.90 Å². The number of benzene rings is 1. The van der Waals surface area contributed by atoms with E-state index in [1.165, 1.54) is 19.2 Å². The first-order valence-electron chi connectivity index (χ1n) is 5.68. The van der Waals surface area contributed by atoms with Crippen LogP contribution in [0.15, 0.2) is 18.2 Å². The first kappa shape index (κ1) is 14.9. The van der Waals surface area contributed by atoms with Crippen molar-refractivity contribution in [2.45, 2.75) is 26.4 Å². The van der Waals surface area contributed by atoms with E-state index >= 15 is 0 Å². The Morgan fingerprint density at radius 3 is 2.72 bits per heavy atom. The predicted octanol–water partition coefficient (Wildman–Crippen LogP) is 2.86. The lowest BCUT2D eigenvalue weighted by atomic mass is 10.1. The summed E-state index contributed by atoms with van der Waals surface area (Å²) in [6.45, 7) is 4.32. The summed E-state index contributed by atoms with van der Waals surface area (Å²) in [5.74, 6) is -0.666. The zero-order chi connectivity index (χ0) is 13.7. The highest BCUT2D eigenvalue weighted by atomic mass is 35.5. The third-order valence-electron chi connectivity index (χ3n) is 2.67. The smallest absolute Gasteiger partial charge is 0.319 e. The first-order valence-corrected chi connectivity index (χ1v) is 6.06. The summed E-state index contributed by atoms with van der Waals surface area (Å²) in [5.41, 5.74) is 0.472. The molecule has 0 saturated heterocycles. The van der Waals surface area contributed by atoms with Crippen LogP contribution in [0.5, 0.6) is 0 Å². The maximum Gasteiger partial charge on any atom is 0.319 e. The molecule has 0 radical (unpaired) electrons. The summed E-state index contributed by atoms with van der Waals surface area (Å²) in [5, 5.41) is 0.480. The van der Waals surface area contributed by atoms with Crippen molar-refractivity contribution >= 4 is 17.6 Å². The molecule has 0 spiro atoms. The minimum absolute atomic E-state index is 0.0995. The van der Waals surface area contributed by atoms with Gasteiger partial charge in [-0.2, -0.15) is 0 Å². The first-order chi connectivity index (χ1) is 8.43. The molecule has 0 saturated carbocycles. The van der Waals surface area contributed by atoms with E-state index in [1.54, 1.807) is 6.07 Å². The molecule has 0 N–H and O–H groups in total. The Hall–Kier alpha value is -1.13. The third kappa shape index (κ3) is 4.27. The van der Waals surface area contributed by atoms with E-state index < -0.39 is 0 Å². The number of ether oxygens (including phenoxy) is 1. The van der Waals surface area contributed by atoms with Gasteiger partial charge in [-0.15, -0.1) is 0 Å². The van der Waals surface area contributed by atoms with E-state index in [-0.39, 0.29) is 24.4 Å². The zero-order valence-corrected chi connectivity index (χ0v) is 11.5. The van der Waals surface area contributed by atoms with Crippen LogP contribution >= 0.6 is 11.6 Å². The molecule has 1 aromatic carbocycles. The van der Waals surface area contributed by atoms with Crippen LogP contribution < -0.4 is 0 Å². The molecule has 0 amide bonds. The fourth-order valence-electron chi connectivity index (χ4n) is 1.53. The minimum Gasteiger partial charge on any atom is -0.468 e. The van der Waals surface area contributed by atoms with Gasteiger partial charge in [0.2, 0.25) is 0 Å². The van der Waals surface area contributed by atoms with Gasteiger partial charge in [0.1, 0.15) is 5.82 Å². The van der Waals surface area contributed by atoms with Gasteiger partial charge in [-0.05, 0) is 32.0 Å². The highest BCUT2D eigenvalue weighted by Gasteiger charge is 2.16. The van der Waals surface area contributed by atoms with E-state index in [0.717, 1.165) is 0 Å². The van der Waals surface area contributed by atoms with Crippen molar-refractivity contribution < 1.29 is 13.9 Å². The Morgan fingerprint density at radius 1 is 1.50 bits per heavy atom. The largest absolute Gasteiger partial charge is 0.468 e. The molecule has 1 rings (SSSR count). The SMILES string of the molecule is COC(=O)CN(Cc1cc(Cl)ccc1F)C(C)C. The highest BCUT2D eigenvalue weighted by Crippen LogP contribution is 2.17. The maximum atomic E-state index is 13.6. The summed E-state index contributed by atoms with van der Waals surface area (Å²) in [4.78, 5) is 13.1. The molecule has 0 fully saturated rings. The number of rotatable bonds is 5. The van der Waals surface area contributed by atoms with E-state index in [4.69, 9.17) is 11.6 Å². The van der Waals surface area contributed by atoms with Crippen molar-refractivity contribution in [3.63, 3.8) is 0 Å². The molecule has 0 aliphatic heterocycles. The second-order valence-corrected chi connectivity index (χ2v) is 4.75. The molecule has 5 heteroatoms. The van der Waals surface area contributed by atoms with E-state index in [9.17, 15) is 9.18 Å². The van der Waals surface area contributed by atoms with Crippen molar-refractivity contribution in [3.8, 4) is 0 Å². The van der Waals surface area contributed by atoms with Gasteiger partial charge in [0.25, 0.3) is 0 Å². The minimum atomic E-state index is -0.342.